The summed E-state index contributed by atoms with van der Waals surface area (Å²) in [5.74, 6) is 0. The van der Waals surface area contributed by atoms with E-state index in [9.17, 15) is 4.79 Å². The van der Waals surface area contributed by atoms with E-state index in [0.717, 1.165) is 30.3 Å². The molecule has 0 aromatic carbocycles. The summed E-state index contributed by atoms with van der Waals surface area (Å²) in [5.41, 5.74) is 1.03. The maximum absolute atomic E-state index is 12.5. The van der Waals surface area contributed by atoms with Crippen molar-refractivity contribution >= 4 is 10.9 Å². The van der Waals surface area contributed by atoms with Crippen molar-refractivity contribution in [3.05, 3.63) is 47.5 Å². The van der Waals surface area contributed by atoms with Gasteiger partial charge in [0, 0.05) is 36.8 Å². The third-order valence-corrected chi connectivity index (χ3v) is 4.27. The summed E-state index contributed by atoms with van der Waals surface area (Å²) in [5, 5.41) is 1.01. The van der Waals surface area contributed by atoms with Crippen LogP contribution in [-0.2, 0) is 13.6 Å². The number of hydrogen-bond acceptors (Lipinski definition) is 1. The average Bonchev–Trinajstić information content (AvgIpc) is 2.69. The van der Waals surface area contributed by atoms with Gasteiger partial charge in [-0.25, -0.2) is 0 Å². The molecule has 0 aliphatic heterocycles. The van der Waals surface area contributed by atoms with E-state index in [1.54, 1.807) is 0 Å². The lowest BCUT2D eigenvalue weighted by molar-refractivity contribution is 0.170. The summed E-state index contributed by atoms with van der Waals surface area (Å²) >= 11 is 0. The van der Waals surface area contributed by atoms with Crippen LogP contribution in [0.5, 0.6) is 0 Å². The van der Waals surface area contributed by atoms with Gasteiger partial charge in [0.15, 0.2) is 0 Å². The molecule has 1 saturated carbocycles. The van der Waals surface area contributed by atoms with Crippen LogP contribution in [0.4, 0.5) is 0 Å². The molecule has 3 heteroatoms. The van der Waals surface area contributed by atoms with Gasteiger partial charge in [0.1, 0.15) is 5.52 Å². The van der Waals surface area contributed by atoms with Gasteiger partial charge in [-0.3, -0.25) is 4.79 Å². The molecule has 1 aliphatic rings. The average molecular weight is 242 g/mol. The monoisotopic (exact) mass is 242 g/mol. The highest BCUT2D eigenvalue weighted by atomic mass is 16.1. The second-order valence-corrected chi connectivity index (χ2v) is 5.40. The SMILES string of the molecule is C=CC1(Cn2ccc3ccn(C)c3c2=O)CCC1. The van der Waals surface area contributed by atoms with E-state index in [4.69, 9.17) is 0 Å². The molecule has 1 aliphatic carbocycles. The number of hydrogen-bond donors (Lipinski definition) is 0. The molecule has 0 unspecified atom stereocenters. The Bertz CT molecular complexity index is 659. The number of rotatable bonds is 3. The summed E-state index contributed by atoms with van der Waals surface area (Å²) in [6, 6.07) is 4.00. The van der Waals surface area contributed by atoms with Gasteiger partial charge in [0.05, 0.1) is 0 Å². The number of nitrogens with zero attached hydrogens (tertiary/aromatic N) is 2. The van der Waals surface area contributed by atoms with Gasteiger partial charge in [-0.15, -0.1) is 6.58 Å². The second-order valence-electron chi connectivity index (χ2n) is 5.40. The number of pyridine rings is 1. The number of fused-ring (bicyclic) bond motifs is 1. The molecule has 0 amide bonds. The third kappa shape index (κ3) is 1.54. The molecule has 0 atom stereocenters. The maximum Gasteiger partial charge on any atom is 0.275 e. The summed E-state index contributed by atoms with van der Waals surface area (Å²) in [6.45, 7) is 4.69. The predicted octanol–water partition coefficient (Wildman–Crippen LogP) is 2.70. The van der Waals surface area contributed by atoms with E-state index < -0.39 is 0 Å². The van der Waals surface area contributed by atoms with Gasteiger partial charge in [-0.2, -0.15) is 0 Å². The Balaban J connectivity index is 2.07. The molecule has 2 heterocycles. The Morgan fingerprint density at radius 2 is 2.11 bits per heavy atom. The molecule has 0 N–H and O–H groups in total. The van der Waals surface area contributed by atoms with E-state index in [1.807, 2.05) is 46.8 Å². The minimum Gasteiger partial charge on any atom is -0.346 e. The Hall–Kier alpha value is -1.77. The lowest BCUT2D eigenvalue weighted by Gasteiger charge is -2.39. The van der Waals surface area contributed by atoms with Gasteiger partial charge in [0.2, 0.25) is 0 Å². The van der Waals surface area contributed by atoms with Gasteiger partial charge < -0.3 is 9.13 Å². The first-order chi connectivity index (χ1) is 8.65. The van der Waals surface area contributed by atoms with E-state index in [2.05, 4.69) is 6.58 Å². The summed E-state index contributed by atoms with van der Waals surface area (Å²) in [7, 11) is 1.92. The molecule has 18 heavy (non-hydrogen) atoms. The predicted molar refractivity (Wildman–Crippen MR) is 73.7 cm³/mol. The highest BCUT2D eigenvalue weighted by molar-refractivity contribution is 5.78. The van der Waals surface area contributed by atoms with Crippen LogP contribution in [0.25, 0.3) is 10.9 Å². The van der Waals surface area contributed by atoms with Crippen LogP contribution in [-0.4, -0.2) is 9.13 Å². The van der Waals surface area contributed by atoms with Crippen LogP contribution in [0.2, 0.25) is 0 Å². The van der Waals surface area contributed by atoms with E-state index in [1.165, 1.54) is 6.42 Å². The zero-order valence-corrected chi connectivity index (χ0v) is 10.7. The first-order valence-electron chi connectivity index (χ1n) is 6.43. The van der Waals surface area contributed by atoms with Crippen LogP contribution in [0.15, 0.2) is 42.0 Å². The van der Waals surface area contributed by atoms with Crippen LogP contribution in [0.3, 0.4) is 0 Å². The minimum atomic E-state index is 0.105. The van der Waals surface area contributed by atoms with Gasteiger partial charge in [-0.1, -0.05) is 12.5 Å². The molecule has 0 radical (unpaired) electrons. The molecule has 94 valence electrons. The molecule has 0 bridgehead atoms. The Kier molecular flexibility index (Phi) is 2.44. The van der Waals surface area contributed by atoms with Crippen molar-refractivity contribution in [3.8, 4) is 0 Å². The molecule has 1 fully saturated rings. The lowest BCUT2D eigenvalue weighted by atomic mass is 9.69. The highest BCUT2D eigenvalue weighted by Crippen LogP contribution is 2.43. The van der Waals surface area contributed by atoms with Crippen molar-refractivity contribution < 1.29 is 0 Å². The van der Waals surface area contributed by atoms with Crippen LogP contribution in [0, 0.1) is 5.41 Å². The Morgan fingerprint density at radius 3 is 2.72 bits per heavy atom. The minimum absolute atomic E-state index is 0.105. The summed E-state index contributed by atoms with van der Waals surface area (Å²) < 4.78 is 3.73. The van der Waals surface area contributed by atoms with Crippen molar-refractivity contribution in [3.63, 3.8) is 0 Å². The third-order valence-electron chi connectivity index (χ3n) is 4.27. The Labute approximate surface area is 106 Å². The van der Waals surface area contributed by atoms with Crippen molar-refractivity contribution in [2.45, 2.75) is 25.8 Å². The first-order valence-corrected chi connectivity index (χ1v) is 6.43. The molecule has 3 rings (SSSR count). The first kappa shape index (κ1) is 11.3. The van der Waals surface area contributed by atoms with Crippen LogP contribution in [0.1, 0.15) is 19.3 Å². The van der Waals surface area contributed by atoms with E-state index >= 15 is 0 Å². The van der Waals surface area contributed by atoms with Crippen molar-refractivity contribution in [2.75, 3.05) is 0 Å². The van der Waals surface area contributed by atoms with Gasteiger partial charge in [0.25, 0.3) is 5.56 Å². The zero-order valence-electron chi connectivity index (χ0n) is 10.7. The van der Waals surface area contributed by atoms with Crippen molar-refractivity contribution in [2.24, 2.45) is 12.5 Å². The standard InChI is InChI=1S/C15H18N2O/c1-3-15(7-4-8-15)11-17-10-6-12-5-9-16(2)13(12)14(17)18/h3,5-6,9-10H,1,4,7-8,11H2,2H3. The van der Waals surface area contributed by atoms with Crippen LogP contribution >= 0.6 is 0 Å². The smallest absolute Gasteiger partial charge is 0.275 e. The lowest BCUT2D eigenvalue weighted by Crippen LogP contribution is -2.36. The van der Waals surface area contributed by atoms with Crippen molar-refractivity contribution in [1.29, 1.82) is 0 Å². The number of aromatic nitrogens is 2. The fourth-order valence-corrected chi connectivity index (χ4v) is 2.85. The molecule has 0 saturated heterocycles. The second kappa shape index (κ2) is 3.87. The summed E-state index contributed by atoms with van der Waals surface area (Å²) in [4.78, 5) is 12.5. The summed E-state index contributed by atoms with van der Waals surface area (Å²) in [6.07, 6.45) is 9.41. The van der Waals surface area contributed by atoms with E-state index in [0.29, 0.717) is 0 Å². The van der Waals surface area contributed by atoms with E-state index in [-0.39, 0.29) is 11.0 Å². The molecule has 2 aromatic rings. The normalized spacial score (nSPS) is 17.6. The van der Waals surface area contributed by atoms with Crippen molar-refractivity contribution in [1.82, 2.24) is 9.13 Å². The molecular weight excluding hydrogens is 224 g/mol. The molecule has 3 nitrogen and oxygen atoms in total. The topological polar surface area (TPSA) is 26.9 Å². The highest BCUT2D eigenvalue weighted by Gasteiger charge is 2.34. The van der Waals surface area contributed by atoms with Gasteiger partial charge >= 0.3 is 0 Å². The largest absolute Gasteiger partial charge is 0.346 e. The fourth-order valence-electron chi connectivity index (χ4n) is 2.85. The number of allylic oxidation sites excluding steroid dienone is 1. The Morgan fingerprint density at radius 1 is 1.39 bits per heavy atom. The van der Waals surface area contributed by atoms with Crippen LogP contribution < -0.4 is 5.56 Å². The molecule has 2 aromatic heterocycles. The molecule has 0 spiro atoms. The maximum atomic E-state index is 12.5. The quantitative estimate of drug-likeness (QED) is 0.760. The molecular formula is C15H18N2O. The van der Waals surface area contributed by atoms with Gasteiger partial charge in [-0.05, 0) is 25.0 Å². The fraction of sp³-hybridized carbons (Fsp3) is 0.400. The number of aryl methyl sites for hydroxylation is 1. The zero-order chi connectivity index (χ0) is 12.8.